The van der Waals surface area contributed by atoms with Crippen molar-refractivity contribution in [2.75, 3.05) is 18.4 Å². The van der Waals surface area contributed by atoms with Crippen LogP contribution in [0, 0.1) is 13.8 Å². The SMILES string of the molecule is [CH2-]C(=O)Nc1ncc(/C=C/C(=O)N2CC=C(Cc3cccs3)CC2)cc1[CH2-].[Y]. The monoisotopic (exact) mass is 468 g/mol. The molecule has 0 bridgehead atoms. The quantitative estimate of drug-likeness (QED) is 0.415. The van der Waals surface area contributed by atoms with Crippen LogP contribution in [0.15, 0.2) is 47.5 Å². The summed E-state index contributed by atoms with van der Waals surface area (Å²) in [6.07, 6.45) is 8.88. The summed E-state index contributed by atoms with van der Waals surface area (Å²) >= 11 is 1.76. The molecule has 3 heterocycles. The Hall–Kier alpha value is -1.89. The molecule has 5 nitrogen and oxygen atoms in total. The number of amides is 2. The molecule has 1 aliphatic heterocycles. The molecule has 0 atom stereocenters. The molecule has 0 fully saturated rings. The molecule has 0 aromatic carbocycles. The minimum atomic E-state index is -0.442. The number of hydrogen-bond acceptors (Lipinski definition) is 4. The van der Waals surface area contributed by atoms with E-state index in [1.165, 1.54) is 10.5 Å². The van der Waals surface area contributed by atoms with Gasteiger partial charge < -0.3 is 26.9 Å². The minimum Gasteiger partial charge on any atom is -0.389 e. The molecule has 0 spiro atoms. The molecular weight excluding hydrogens is 447 g/mol. The van der Waals surface area contributed by atoms with Gasteiger partial charge in [-0.05, 0) is 17.9 Å². The summed E-state index contributed by atoms with van der Waals surface area (Å²) in [7, 11) is 0. The van der Waals surface area contributed by atoms with Crippen molar-refractivity contribution in [3.63, 3.8) is 0 Å². The van der Waals surface area contributed by atoms with Crippen LogP contribution in [0.3, 0.4) is 0 Å². The number of nitrogens with one attached hydrogen (secondary N) is 1. The number of aromatic nitrogens is 1. The van der Waals surface area contributed by atoms with Gasteiger partial charge in [0.1, 0.15) is 0 Å². The molecule has 1 aliphatic rings. The molecule has 3 rings (SSSR count). The van der Waals surface area contributed by atoms with E-state index in [0.29, 0.717) is 17.9 Å². The Morgan fingerprint density at radius 3 is 2.82 bits per heavy atom. The van der Waals surface area contributed by atoms with E-state index in [1.807, 2.05) is 4.90 Å². The third-order valence-corrected chi connectivity index (χ3v) is 5.14. The van der Waals surface area contributed by atoms with Gasteiger partial charge in [-0.15, -0.1) is 11.3 Å². The zero-order chi connectivity index (χ0) is 19.2. The first-order valence-electron chi connectivity index (χ1n) is 8.63. The number of pyridine rings is 1. The van der Waals surface area contributed by atoms with Crippen LogP contribution in [0.1, 0.15) is 22.4 Å². The Bertz CT molecular complexity index is 891. The molecule has 28 heavy (non-hydrogen) atoms. The van der Waals surface area contributed by atoms with Crippen LogP contribution in [0.25, 0.3) is 6.08 Å². The third kappa shape index (κ3) is 6.33. The maximum atomic E-state index is 12.4. The first kappa shape index (κ1) is 22.4. The minimum absolute atomic E-state index is 0. The smallest absolute Gasteiger partial charge is 0.246 e. The molecule has 0 saturated carbocycles. The second-order valence-corrected chi connectivity index (χ2v) is 7.34. The van der Waals surface area contributed by atoms with Gasteiger partial charge in [-0.3, -0.25) is 4.79 Å². The Kier molecular flexibility index (Phi) is 8.48. The molecule has 1 N–H and O–H groups in total. The van der Waals surface area contributed by atoms with E-state index in [-0.39, 0.29) is 38.6 Å². The number of carbonyl (C=O) groups excluding carboxylic acids is 2. The van der Waals surface area contributed by atoms with Crippen molar-refractivity contribution in [2.24, 2.45) is 0 Å². The standard InChI is InChI=1S/C21H21N3O2S.Y/c1-15-12-18(14-22-21(15)23-16(2)25)5-6-20(26)24-9-7-17(8-10-24)13-19-4-3-11-27-19;/h3-7,11-12,14H,1-2,8-10,13H2,(H,22,23,25);/q-2;/b6-5+;. The Morgan fingerprint density at radius 1 is 1.39 bits per heavy atom. The summed E-state index contributed by atoms with van der Waals surface area (Å²) < 4.78 is 0. The number of anilines is 1. The van der Waals surface area contributed by atoms with Gasteiger partial charge in [0.2, 0.25) is 5.91 Å². The van der Waals surface area contributed by atoms with E-state index in [2.05, 4.69) is 47.7 Å². The van der Waals surface area contributed by atoms with E-state index in [4.69, 9.17) is 0 Å². The van der Waals surface area contributed by atoms with Crippen molar-refractivity contribution in [3.05, 3.63) is 77.4 Å². The number of carbonyl (C=O) groups is 2. The maximum Gasteiger partial charge on any atom is 0.246 e. The number of hydrogen-bond donors (Lipinski definition) is 1. The van der Waals surface area contributed by atoms with Crippen LogP contribution in [-0.2, 0) is 48.7 Å². The normalized spacial score (nSPS) is 13.7. The van der Waals surface area contributed by atoms with Crippen molar-refractivity contribution in [1.82, 2.24) is 9.88 Å². The van der Waals surface area contributed by atoms with Crippen LogP contribution in [-0.4, -0.2) is 34.8 Å². The van der Waals surface area contributed by atoms with Gasteiger partial charge in [-0.25, -0.2) is 0 Å². The van der Waals surface area contributed by atoms with E-state index >= 15 is 0 Å². The Labute approximate surface area is 194 Å². The average molecular weight is 468 g/mol. The van der Waals surface area contributed by atoms with E-state index in [1.54, 1.807) is 35.8 Å². The Balaban J connectivity index is 0.00000280. The van der Waals surface area contributed by atoms with Gasteiger partial charge in [0.05, 0.1) is 5.91 Å². The van der Waals surface area contributed by atoms with E-state index in [0.717, 1.165) is 24.9 Å². The molecule has 143 valence electrons. The zero-order valence-corrected chi connectivity index (χ0v) is 19.2. The second-order valence-electron chi connectivity index (χ2n) is 6.31. The summed E-state index contributed by atoms with van der Waals surface area (Å²) in [4.78, 5) is 30.7. The summed E-state index contributed by atoms with van der Waals surface area (Å²) in [6, 6.07) is 5.97. The molecule has 0 saturated heterocycles. The molecule has 7 heteroatoms. The predicted octanol–water partition coefficient (Wildman–Crippen LogP) is 3.51. The molecule has 2 amide bonds. The fraction of sp³-hybridized carbons (Fsp3) is 0.190. The van der Waals surface area contributed by atoms with Crippen molar-refractivity contribution < 1.29 is 42.3 Å². The number of nitrogens with zero attached hydrogens (tertiary/aromatic N) is 2. The van der Waals surface area contributed by atoms with Crippen LogP contribution in [0.2, 0.25) is 0 Å². The Morgan fingerprint density at radius 2 is 2.21 bits per heavy atom. The summed E-state index contributed by atoms with van der Waals surface area (Å²) in [5.41, 5.74) is 2.71. The van der Waals surface area contributed by atoms with Gasteiger partial charge in [-0.1, -0.05) is 29.4 Å². The average Bonchev–Trinajstić information content (AvgIpc) is 3.15. The van der Waals surface area contributed by atoms with Crippen molar-refractivity contribution >= 4 is 35.0 Å². The van der Waals surface area contributed by atoms with Crippen LogP contribution in [0.5, 0.6) is 0 Å². The molecule has 1 radical (unpaired) electrons. The van der Waals surface area contributed by atoms with Crippen molar-refractivity contribution in [1.29, 1.82) is 0 Å². The number of rotatable bonds is 5. The summed E-state index contributed by atoms with van der Waals surface area (Å²) in [6.45, 7) is 8.46. The third-order valence-electron chi connectivity index (χ3n) is 4.26. The fourth-order valence-electron chi connectivity index (χ4n) is 2.85. The van der Waals surface area contributed by atoms with E-state index < -0.39 is 5.91 Å². The molecule has 0 unspecified atom stereocenters. The van der Waals surface area contributed by atoms with E-state index in [9.17, 15) is 9.59 Å². The van der Waals surface area contributed by atoms with Crippen molar-refractivity contribution in [2.45, 2.75) is 12.8 Å². The summed E-state index contributed by atoms with van der Waals surface area (Å²) in [5.74, 6) is -0.0949. The van der Waals surface area contributed by atoms with Crippen LogP contribution >= 0.6 is 11.3 Å². The predicted molar refractivity (Wildman–Crippen MR) is 109 cm³/mol. The van der Waals surface area contributed by atoms with Gasteiger partial charge in [0.25, 0.3) is 0 Å². The molecule has 2 aromatic rings. The first-order chi connectivity index (χ1) is 13.0. The largest absolute Gasteiger partial charge is 0.389 e. The first-order valence-corrected chi connectivity index (χ1v) is 9.51. The van der Waals surface area contributed by atoms with Gasteiger partial charge in [0, 0.05) is 75.2 Å². The van der Waals surface area contributed by atoms with Gasteiger partial charge in [0.15, 0.2) is 0 Å². The van der Waals surface area contributed by atoms with Gasteiger partial charge in [-0.2, -0.15) is 18.6 Å². The number of thiophene rings is 1. The maximum absolute atomic E-state index is 12.4. The molecule has 0 aliphatic carbocycles. The summed E-state index contributed by atoms with van der Waals surface area (Å²) in [5, 5.41) is 4.60. The second kappa shape index (κ2) is 10.6. The zero-order valence-electron chi connectivity index (χ0n) is 15.6. The fourth-order valence-corrected chi connectivity index (χ4v) is 3.60. The molecular formula is C21H21N3O2SY-2. The van der Waals surface area contributed by atoms with Crippen LogP contribution < -0.4 is 5.32 Å². The van der Waals surface area contributed by atoms with Crippen LogP contribution in [0.4, 0.5) is 5.82 Å². The van der Waals surface area contributed by atoms with Crippen molar-refractivity contribution in [3.8, 4) is 0 Å². The molecule has 2 aromatic heterocycles. The topological polar surface area (TPSA) is 62.3 Å². The van der Waals surface area contributed by atoms with Gasteiger partial charge >= 0.3 is 0 Å².